The number of aromatic amines is 1. The van der Waals surface area contributed by atoms with Gasteiger partial charge in [0.05, 0.1) is 12.2 Å². The zero-order valence-electron chi connectivity index (χ0n) is 18.7. The van der Waals surface area contributed by atoms with Crippen LogP contribution in [-0.2, 0) is 11.2 Å². The lowest BCUT2D eigenvalue weighted by atomic mass is 10.1. The van der Waals surface area contributed by atoms with E-state index in [0.29, 0.717) is 5.91 Å². The molecule has 1 atom stereocenters. The fourth-order valence-corrected chi connectivity index (χ4v) is 4.19. The van der Waals surface area contributed by atoms with Gasteiger partial charge in [-0.3, -0.25) is 19.8 Å². The number of H-pyrrole nitrogens is 1. The molecule has 2 fully saturated rings. The molecule has 1 aromatic heterocycles. The zero-order chi connectivity index (χ0) is 20.6. The van der Waals surface area contributed by atoms with E-state index in [9.17, 15) is 4.79 Å². The summed E-state index contributed by atoms with van der Waals surface area (Å²) in [6.45, 7) is 13.4. The van der Waals surface area contributed by atoms with Gasteiger partial charge < -0.3 is 15.1 Å². The minimum absolute atomic E-state index is 0. The summed E-state index contributed by atoms with van der Waals surface area (Å²) in [5.74, 6) is 1.29. The molecule has 2 N–H and O–H groups in total. The molecule has 170 valence electrons. The van der Waals surface area contributed by atoms with Crippen LogP contribution in [0.5, 0.6) is 0 Å². The van der Waals surface area contributed by atoms with Crippen molar-refractivity contribution in [1.29, 1.82) is 0 Å². The van der Waals surface area contributed by atoms with E-state index in [-0.39, 0.29) is 30.0 Å². The largest absolute Gasteiger partial charge is 0.357 e. The highest BCUT2D eigenvalue weighted by Gasteiger charge is 2.30. The number of hydrogen-bond acceptors (Lipinski definition) is 4. The fraction of sp³-hybridized carbons (Fsp3) is 0.762. The van der Waals surface area contributed by atoms with E-state index >= 15 is 0 Å². The Morgan fingerprint density at radius 2 is 1.90 bits per heavy atom. The summed E-state index contributed by atoms with van der Waals surface area (Å²) >= 11 is 0. The molecule has 2 aliphatic heterocycles. The van der Waals surface area contributed by atoms with Crippen molar-refractivity contribution >= 4 is 35.8 Å². The molecule has 2 saturated heterocycles. The van der Waals surface area contributed by atoms with Crippen molar-refractivity contribution in [2.45, 2.75) is 52.5 Å². The Morgan fingerprint density at radius 1 is 1.20 bits per heavy atom. The highest BCUT2D eigenvalue weighted by molar-refractivity contribution is 14.0. The van der Waals surface area contributed by atoms with Crippen molar-refractivity contribution in [3.63, 3.8) is 0 Å². The van der Waals surface area contributed by atoms with Gasteiger partial charge in [-0.15, -0.1) is 24.0 Å². The number of likely N-dealkylation sites (tertiary alicyclic amines) is 1. The van der Waals surface area contributed by atoms with E-state index in [1.165, 1.54) is 5.56 Å². The van der Waals surface area contributed by atoms with E-state index in [1.807, 2.05) is 11.1 Å². The van der Waals surface area contributed by atoms with Gasteiger partial charge in [-0.25, -0.2) is 0 Å². The van der Waals surface area contributed by atoms with Gasteiger partial charge in [-0.1, -0.05) is 0 Å². The number of nitrogens with zero attached hydrogens (tertiary/aromatic N) is 5. The van der Waals surface area contributed by atoms with Crippen molar-refractivity contribution in [2.24, 2.45) is 4.99 Å². The van der Waals surface area contributed by atoms with Crippen LogP contribution in [0, 0.1) is 6.92 Å². The molecule has 0 bridgehead atoms. The molecule has 3 rings (SSSR count). The topological polar surface area (TPSA) is 79.9 Å². The number of aliphatic imine (C=N–C) groups is 1. The normalized spacial score (nSPS) is 19.0. The number of guanidine groups is 1. The second-order valence-corrected chi connectivity index (χ2v) is 8.09. The van der Waals surface area contributed by atoms with Gasteiger partial charge in [-0.2, -0.15) is 5.10 Å². The summed E-state index contributed by atoms with van der Waals surface area (Å²) in [4.78, 5) is 24.2. The number of nitrogens with one attached hydrogen (secondary N) is 2. The van der Waals surface area contributed by atoms with Crippen LogP contribution in [0.15, 0.2) is 11.2 Å². The number of halogens is 1. The van der Waals surface area contributed by atoms with Crippen molar-refractivity contribution in [3.8, 4) is 0 Å². The molecule has 2 aliphatic rings. The van der Waals surface area contributed by atoms with Crippen LogP contribution < -0.4 is 5.32 Å². The molecule has 3 heterocycles. The lowest BCUT2D eigenvalue weighted by molar-refractivity contribution is -0.135. The summed E-state index contributed by atoms with van der Waals surface area (Å²) in [6, 6.07) is -0.0204. The van der Waals surface area contributed by atoms with Crippen LogP contribution in [-0.4, -0.2) is 95.2 Å². The second-order valence-electron chi connectivity index (χ2n) is 8.09. The van der Waals surface area contributed by atoms with Crippen LogP contribution in [0.2, 0.25) is 0 Å². The summed E-state index contributed by atoms with van der Waals surface area (Å²) in [5.41, 5.74) is 2.42. The lowest BCUT2D eigenvalue weighted by Gasteiger charge is -2.39. The number of amides is 1. The molecule has 0 aliphatic carbocycles. The van der Waals surface area contributed by atoms with Gasteiger partial charge in [0.15, 0.2) is 5.96 Å². The maximum atomic E-state index is 12.7. The van der Waals surface area contributed by atoms with E-state index in [0.717, 1.165) is 89.7 Å². The highest BCUT2D eigenvalue weighted by Crippen LogP contribution is 2.14. The van der Waals surface area contributed by atoms with E-state index in [4.69, 9.17) is 4.99 Å². The number of carbonyl (C=O) groups is 1. The molecule has 1 unspecified atom stereocenters. The van der Waals surface area contributed by atoms with Gasteiger partial charge in [0.2, 0.25) is 5.91 Å². The van der Waals surface area contributed by atoms with Crippen molar-refractivity contribution in [3.05, 3.63) is 17.5 Å². The van der Waals surface area contributed by atoms with Crippen molar-refractivity contribution in [2.75, 3.05) is 52.4 Å². The fourth-order valence-electron chi connectivity index (χ4n) is 4.19. The van der Waals surface area contributed by atoms with Crippen LogP contribution in [0.1, 0.15) is 44.4 Å². The number of aromatic nitrogens is 2. The lowest BCUT2D eigenvalue weighted by Crippen LogP contribution is -2.57. The molecule has 8 nitrogen and oxygen atoms in total. The monoisotopic (exact) mass is 531 g/mol. The van der Waals surface area contributed by atoms with Crippen LogP contribution in [0.4, 0.5) is 0 Å². The summed E-state index contributed by atoms with van der Waals surface area (Å²) in [6.07, 6.45) is 6.21. The SMILES string of the molecule is CCNC(=NCCCc1cn[nH]c1C)N1CCN(C(C)C(=O)N2CCCC2)CC1.I. The Bertz CT molecular complexity index is 679. The Morgan fingerprint density at radius 3 is 2.50 bits per heavy atom. The molecular formula is C21H38IN7O. The first-order chi connectivity index (χ1) is 14.1. The first-order valence-electron chi connectivity index (χ1n) is 11.1. The third-order valence-corrected chi connectivity index (χ3v) is 6.07. The summed E-state index contributed by atoms with van der Waals surface area (Å²) in [5, 5.41) is 10.5. The Kier molecular flexibility index (Phi) is 10.4. The van der Waals surface area contributed by atoms with E-state index < -0.39 is 0 Å². The molecule has 30 heavy (non-hydrogen) atoms. The first-order valence-corrected chi connectivity index (χ1v) is 11.1. The molecular weight excluding hydrogens is 493 g/mol. The molecule has 0 spiro atoms. The quantitative estimate of drug-likeness (QED) is 0.243. The smallest absolute Gasteiger partial charge is 0.239 e. The van der Waals surface area contributed by atoms with Gasteiger partial charge in [-0.05, 0) is 52.0 Å². The average Bonchev–Trinajstić information content (AvgIpc) is 3.41. The number of hydrogen-bond donors (Lipinski definition) is 2. The van der Waals surface area contributed by atoms with Gasteiger partial charge in [0.25, 0.3) is 0 Å². The predicted octanol–water partition coefficient (Wildman–Crippen LogP) is 1.86. The average molecular weight is 531 g/mol. The standard InChI is InChI=1S/C21H37N7O.HI/c1-4-22-21(23-9-7-8-19-16-24-25-17(19)2)28-14-12-26(13-15-28)18(3)20(29)27-10-5-6-11-27;/h16,18H,4-15H2,1-3H3,(H,22,23)(H,24,25);1H. The van der Waals surface area contributed by atoms with Gasteiger partial charge >= 0.3 is 0 Å². The van der Waals surface area contributed by atoms with Crippen molar-refractivity contribution < 1.29 is 4.79 Å². The van der Waals surface area contributed by atoms with Crippen molar-refractivity contribution in [1.82, 2.24) is 30.2 Å². The molecule has 1 aromatic rings. The minimum Gasteiger partial charge on any atom is -0.357 e. The van der Waals surface area contributed by atoms with Crippen LogP contribution in [0.25, 0.3) is 0 Å². The van der Waals surface area contributed by atoms with Gasteiger partial charge in [0, 0.05) is 58.1 Å². The number of carbonyl (C=O) groups excluding carboxylic acids is 1. The third-order valence-electron chi connectivity index (χ3n) is 6.07. The maximum Gasteiger partial charge on any atom is 0.239 e. The molecule has 1 amide bonds. The van der Waals surface area contributed by atoms with Crippen LogP contribution in [0.3, 0.4) is 0 Å². The first kappa shape index (κ1) is 24.9. The Balaban J connectivity index is 0.00000320. The van der Waals surface area contributed by atoms with E-state index in [2.05, 4.69) is 46.1 Å². The highest BCUT2D eigenvalue weighted by atomic mass is 127. The minimum atomic E-state index is -0.0204. The van der Waals surface area contributed by atoms with Gasteiger partial charge in [0.1, 0.15) is 0 Å². The Labute approximate surface area is 197 Å². The molecule has 0 saturated carbocycles. The molecule has 0 aromatic carbocycles. The second kappa shape index (κ2) is 12.5. The zero-order valence-corrected chi connectivity index (χ0v) is 21.0. The van der Waals surface area contributed by atoms with E-state index in [1.54, 1.807) is 0 Å². The molecule has 0 radical (unpaired) electrons. The maximum absolute atomic E-state index is 12.7. The summed E-state index contributed by atoms with van der Waals surface area (Å²) < 4.78 is 0. The molecule has 9 heteroatoms. The number of aryl methyl sites for hydroxylation is 2. The Hall–Kier alpha value is -1.36. The predicted molar refractivity (Wildman–Crippen MR) is 131 cm³/mol. The number of piperazine rings is 1. The third kappa shape index (κ3) is 6.57. The summed E-state index contributed by atoms with van der Waals surface area (Å²) in [7, 11) is 0. The van der Waals surface area contributed by atoms with Crippen LogP contribution >= 0.6 is 24.0 Å². The number of rotatable bonds is 7.